The normalized spacial score (nSPS) is 26.5. The summed E-state index contributed by atoms with van der Waals surface area (Å²) in [6, 6.07) is 0.872. The molecule has 1 aliphatic carbocycles. The van der Waals surface area contributed by atoms with E-state index in [-0.39, 0.29) is 30.5 Å². The number of hydrogen-bond donors (Lipinski definition) is 2. The van der Waals surface area contributed by atoms with Crippen molar-refractivity contribution in [2.75, 3.05) is 18.5 Å². The summed E-state index contributed by atoms with van der Waals surface area (Å²) in [6.07, 6.45) is 6.52. The van der Waals surface area contributed by atoms with Gasteiger partial charge in [0.25, 0.3) is 0 Å². The summed E-state index contributed by atoms with van der Waals surface area (Å²) in [6.45, 7) is 5.37. The molecule has 2 heterocycles. The van der Waals surface area contributed by atoms with E-state index in [0.29, 0.717) is 6.04 Å². The van der Waals surface area contributed by atoms with Gasteiger partial charge in [-0.15, -0.1) is 0 Å². The van der Waals surface area contributed by atoms with Gasteiger partial charge in [-0.1, -0.05) is 0 Å². The number of aliphatic hydroxyl groups is 1. The lowest BCUT2D eigenvalue weighted by atomic mass is 10.2. The third-order valence-corrected chi connectivity index (χ3v) is 4.50. The van der Waals surface area contributed by atoms with Gasteiger partial charge in [-0.05, 0) is 33.1 Å². The third-order valence-electron chi connectivity index (χ3n) is 4.50. The first kappa shape index (κ1) is 14.5. The Morgan fingerprint density at radius 2 is 2.29 bits per heavy atom. The van der Waals surface area contributed by atoms with Crippen LogP contribution in [0.1, 0.15) is 39.2 Å². The average molecular weight is 292 g/mol. The van der Waals surface area contributed by atoms with E-state index in [4.69, 9.17) is 0 Å². The van der Waals surface area contributed by atoms with Crippen molar-refractivity contribution in [3.05, 3.63) is 12.4 Å². The van der Waals surface area contributed by atoms with E-state index < -0.39 is 0 Å². The highest BCUT2D eigenvalue weighted by atomic mass is 16.3. The maximum Gasteiger partial charge on any atom is 0.227 e. The lowest BCUT2D eigenvalue weighted by Gasteiger charge is -2.26. The number of likely N-dealkylation sites (tertiary alicyclic amines) is 1. The summed E-state index contributed by atoms with van der Waals surface area (Å²) in [5, 5.41) is 16.8. The monoisotopic (exact) mass is 292 g/mol. The van der Waals surface area contributed by atoms with Crippen LogP contribution < -0.4 is 5.32 Å². The van der Waals surface area contributed by atoms with E-state index in [1.54, 1.807) is 6.20 Å². The maximum absolute atomic E-state index is 11.8. The molecule has 1 saturated heterocycles. The molecule has 2 N–H and O–H groups in total. The minimum absolute atomic E-state index is 0.109. The highest BCUT2D eigenvalue weighted by molar-refractivity contribution is 5.93. The summed E-state index contributed by atoms with van der Waals surface area (Å²) in [4.78, 5) is 14.1. The van der Waals surface area contributed by atoms with Crippen LogP contribution >= 0.6 is 0 Å². The second-order valence-electron chi connectivity index (χ2n) is 6.49. The number of carbonyl (C=O) groups is 1. The molecular weight excluding hydrogens is 268 g/mol. The van der Waals surface area contributed by atoms with Gasteiger partial charge in [0.15, 0.2) is 0 Å². The van der Waals surface area contributed by atoms with Gasteiger partial charge < -0.3 is 10.4 Å². The molecule has 2 fully saturated rings. The summed E-state index contributed by atoms with van der Waals surface area (Å²) in [5.74, 6) is 0.313. The molecule has 0 aromatic carbocycles. The molecule has 0 bridgehead atoms. The first-order chi connectivity index (χ1) is 10.1. The fourth-order valence-electron chi connectivity index (χ4n) is 3.11. The Morgan fingerprint density at radius 1 is 1.52 bits per heavy atom. The fraction of sp³-hybridized carbons (Fsp3) is 0.733. The topological polar surface area (TPSA) is 70.4 Å². The van der Waals surface area contributed by atoms with Crippen LogP contribution in [0.4, 0.5) is 5.69 Å². The number of nitrogens with zero attached hydrogens (tertiary/aromatic N) is 3. The summed E-state index contributed by atoms with van der Waals surface area (Å²) in [5.41, 5.74) is 0.774. The third kappa shape index (κ3) is 3.11. The van der Waals surface area contributed by atoms with Crippen LogP contribution in [-0.4, -0.2) is 50.9 Å². The predicted octanol–water partition coefficient (Wildman–Crippen LogP) is 1.25. The molecule has 1 aliphatic heterocycles. The van der Waals surface area contributed by atoms with Crippen molar-refractivity contribution in [2.45, 2.75) is 51.2 Å². The zero-order valence-electron chi connectivity index (χ0n) is 12.7. The number of nitrogens with one attached hydrogen (secondary N) is 1. The molecule has 1 amide bonds. The first-order valence-electron chi connectivity index (χ1n) is 7.80. The molecule has 2 aliphatic rings. The summed E-state index contributed by atoms with van der Waals surface area (Å²) < 4.78 is 1.92. The quantitative estimate of drug-likeness (QED) is 0.857. The Labute approximate surface area is 125 Å². The minimum atomic E-state index is 0.109. The molecule has 6 nitrogen and oxygen atoms in total. The predicted molar refractivity (Wildman–Crippen MR) is 80.0 cm³/mol. The molecule has 21 heavy (non-hydrogen) atoms. The minimum Gasteiger partial charge on any atom is -0.395 e. The largest absolute Gasteiger partial charge is 0.395 e. The van der Waals surface area contributed by atoms with Gasteiger partial charge in [0.1, 0.15) is 0 Å². The van der Waals surface area contributed by atoms with E-state index in [2.05, 4.69) is 29.2 Å². The lowest BCUT2D eigenvalue weighted by molar-refractivity contribution is -0.117. The molecule has 0 radical (unpaired) electrons. The number of amides is 1. The van der Waals surface area contributed by atoms with Gasteiger partial charge in [-0.25, -0.2) is 0 Å². The van der Waals surface area contributed by atoms with Crippen LogP contribution in [0.2, 0.25) is 0 Å². The zero-order valence-corrected chi connectivity index (χ0v) is 12.7. The average Bonchev–Trinajstić information content (AvgIpc) is 3.05. The molecule has 3 rings (SSSR count). The number of anilines is 1. The van der Waals surface area contributed by atoms with E-state index in [0.717, 1.165) is 31.5 Å². The Morgan fingerprint density at radius 3 is 2.86 bits per heavy atom. The Balaban J connectivity index is 1.64. The molecule has 1 aromatic heterocycles. The summed E-state index contributed by atoms with van der Waals surface area (Å²) >= 11 is 0. The molecule has 2 atom stereocenters. The van der Waals surface area contributed by atoms with Crippen molar-refractivity contribution in [1.29, 1.82) is 0 Å². The molecule has 1 saturated carbocycles. The van der Waals surface area contributed by atoms with Crippen LogP contribution in [0, 0.1) is 5.92 Å². The van der Waals surface area contributed by atoms with E-state index in [9.17, 15) is 9.90 Å². The van der Waals surface area contributed by atoms with Gasteiger partial charge in [0.05, 0.1) is 24.5 Å². The molecule has 0 unspecified atom stereocenters. The fourth-order valence-corrected chi connectivity index (χ4v) is 3.11. The number of aromatic nitrogens is 2. The van der Waals surface area contributed by atoms with E-state index in [1.165, 1.54) is 0 Å². The standard InChI is InChI=1S/C15H24N4O2/c1-10(2)18-8-13(5-14(18)9-20)19-7-12(6-16-19)17-15(21)11-3-4-11/h6-7,10-11,13-14,20H,3-5,8-9H2,1-2H3,(H,17,21)/t13-,14-/m0/s1. The van der Waals surface area contributed by atoms with E-state index >= 15 is 0 Å². The molecule has 1 aromatic rings. The Bertz CT molecular complexity index is 510. The second-order valence-corrected chi connectivity index (χ2v) is 6.49. The SMILES string of the molecule is CC(C)N1C[C@@H](n2cc(NC(=O)C3CC3)cn2)C[C@H]1CO. The van der Waals surface area contributed by atoms with Gasteiger partial charge in [0.2, 0.25) is 5.91 Å². The zero-order chi connectivity index (χ0) is 15.0. The van der Waals surface area contributed by atoms with Gasteiger partial charge in [-0.2, -0.15) is 5.10 Å². The van der Waals surface area contributed by atoms with Gasteiger partial charge >= 0.3 is 0 Å². The van der Waals surface area contributed by atoms with Crippen LogP contribution in [0.5, 0.6) is 0 Å². The molecule has 116 valence electrons. The van der Waals surface area contributed by atoms with Crippen molar-refractivity contribution >= 4 is 11.6 Å². The van der Waals surface area contributed by atoms with Gasteiger partial charge in [0, 0.05) is 30.7 Å². The summed E-state index contributed by atoms with van der Waals surface area (Å²) in [7, 11) is 0. The Kier molecular flexibility index (Phi) is 3.99. The van der Waals surface area contributed by atoms with Gasteiger partial charge in [-0.3, -0.25) is 14.4 Å². The van der Waals surface area contributed by atoms with Crippen LogP contribution in [0.15, 0.2) is 12.4 Å². The van der Waals surface area contributed by atoms with Crippen molar-refractivity contribution in [1.82, 2.24) is 14.7 Å². The lowest BCUT2D eigenvalue weighted by Crippen LogP contribution is -2.37. The van der Waals surface area contributed by atoms with Crippen LogP contribution in [0.3, 0.4) is 0 Å². The number of rotatable bonds is 5. The van der Waals surface area contributed by atoms with Crippen molar-refractivity contribution in [3.63, 3.8) is 0 Å². The van der Waals surface area contributed by atoms with Crippen molar-refractivity contribution in [3.8, 4) is 0 Å². The second kappa shape index (κ2) is 5.77. The highest BCUT2D eigenvalue weighted by Gasteiger charge is 2.34. The number of hydrogen-bond acceptors (Lipinski definition) is 4. The molecular formula is C15H24N4O2. The molecule has 6 heteroatoms. The first-order valence-corrected chi connectivity index (χ1v) is 7.80. The highest BCUT2D eigenvalue weighted by Crippen LogP contribution is 2.31. The van der Waals surface area contributed by atoms with E-state index in [1.807, 2.05) is 10.9 Å². The van der Waals surface area contributed by atoms with Crippen molar-refractivity contribution in [2.24, 2.45) is 5.92 Å². The number of aliphatic hydroxyl groups excluding tert-OH is 1. The maximum atomic E-state index is 11.8. The van der Waals surface area contributed by atoms with Crippen LogP contribution in [-0.2, 0) is 4.79 Å². The Hall–Kier alpha value is -1.40. The van der Waals surface area contributed by atoms with Crippen molar-refractivity contribution < 1.29 is 9.90 Å². The molecule has 0 spiro atoms. The van der Waals surface area contributed by atoms with Crippen LogP contribution in [0.25, 0.3) is 0 Å². The smallest absolute Gasteiger partial charge is 0.227 e. The number of carbonyl (C=O) groups excluding carboxylic acids is 1.